The second-order valence-electron chi connectivity index (χ2n) is 3.63. The number of nitrogens with zero attached hydrogens (tertiary/aromatic N) is 1. The van der Waals surface area contributed by atoms with E-state index in [1.807, 2.05) is 25.1 Å². The fraction of sp³-hybridized carbons (Fsp3) is 0.0769. The molecule has 2 aromatic rings. The molecule has 1 N–H and O–H groups in total. The van der Waals surface area contributed by atoms with Gasteiger partial charge in [-0.2, -0.15) is 0 Å². The van der Waals surface area contributed by atoms with Gasteiger partial charge in [0, 0.05) is 21.7 Å². The minimum atomic E-state index is -0.0932. The van der Waals surface area contributed by atoms with E-state index < -0.39 is 0 Å². The highest BCUT2D eigenvalue weighted by Gasteiger charge is 2.10. The molecule has 1 amide bonds. The van der Waals surface area contributed by atoms with Crippen LogP contribution in [0, 0.1) is 10.5 Å². The van der Waals surface area contributed by atoms with Crippen molar-refractivity contribution in [3.8, 4) is 0 Å². The molecule has 17 heavy (non-hydrogen) atoms. The minimum Gasteiger partial charge on any atom is -0.322 e. The smallest absolute Gasteiger partial charge is 0.256 e. The van der Waals surface area contributed by atoms with E-state index in [0.717, 1.165) is 14.8 Å². The average Bonchev–Trinajstić information content (AvgIpc) is 2.34. The summed E-state index contributed by atoms with van der Waals surface area (Å²) in [4.78, 5) is 16.0. The van der Waals surface area contributed by atoms with E-state index in [-0.39, 0.29) is 5.91 Å². The molecular formula is C13H11IN2O. The van der Waals surface area contributed by atoms with Gasteiger partial charge in [-0.3, -0.25) is 9.78 Å². The zero-order chi connectivity index (χ0) is 12.3. The number of aromatic nitrogens is 1. The van der Waals surface area contributed by atoms with Crippen molar-refractivity contribution >= 4 is 34.2 Å². The van der Waals surface area contributed by atoms with Crippen LogP contribution in [0.15, 0.2) is 42.7 Å². The van der Waals surface area contributed by atoms with Crippen LogP contribution in [0.3, 0.4) is 0 Å². The Balaban J connectivity index is 2.24. The summed E-state index contributed by atoms with van der Waals surface area (Å²) in [6.07, 6.45) is 3.30. The topological polar surface area (TPSA) is 42.0 Å². The van der Waals surface area contributed by atoms with Gasteiger partial charge in [0.1, 0.15) is 0 Å². The normalized spacial score (nSPS) is 10.0. The zero-order valence-corrected chi connectivity index (χ0v) is 11.4. The molecule has 0 atom stereocenters. The number of hydrogen-bond donors (Lipinski definition) is 1. The standard InChI is InChI=1S/C13H11IN2O/c1-9-3-2-4-11(12(9)14)13(17)16-10-5-7-15-8-6-10/h2-8H,1H3,(H,15,16,17). The number of anilines is 1. The Morgan fingerprint density at radius 2 is 1.94 bits per heavy atom. The summed E-state index contributed by atoms with van der Waals surface area (Å²) < 4.78 is 0.983. The molecule has 1 aromatic heterocycles. The highest BCUT2D eigenvalue weighted by Crippen LogP contribution is 2.18. The van der Waals surface area contributed by atoms with Crippen LogP contribution in [-0.4, -0.2) is 10.9 Å². The molecule has 0 saturated heterocycles. The molecule has 0 aliphatic carbocycles. The Kier molecular flexibility index (Phi) is 3.73. The van der Waals surface area contributed by atoms with Crippen molar-refractivity contribution in [1.82, 2.24) is 4.98 Å². The molecule has 0 aliphatic heterocycles. The second-order valence-corrected chi connectivity index (χ2v) is 4.71. The number of benzene rings is 1. The maximum absolute atomic E-state index is 12.1. The lowest BCUT2D eigenvalue weighted by molar-refractivity contribution is 0.102. The molecule has 86 valence electrons. The summed E-state index contributed by atoms with van der Waals surface area (Å²) in [7, 11) is 0. The number of rotatable bonds is 2. The van der Waals surface area contributed by atoms with Gasteiger partial charge < -0.3 is 5.32 Å². The van der Waals surface area contributed by atoms with E-state index in [1.54, 1.807) is 24.5 Å². The second kappa shape index (κ2) is 5.27. The van der Waals surface area contributed by atoms with E-state index in [2.05, 4.69) is 32.9 Å². The molecule has 2 rings (SSSR count). The van der Waals surface area contributed by atoms with Crippen molar-refractivity contribution in [2.75, 3.05) is 5.32 Å². The van der Waals surface area contributed by atoms with E-state index in [0.29, 0.717) is 5.56 Å². The van der Waals surface area contributed by atoms with Gasteiger partial charge in [-0.25, -0.2) is 0 Å². The highest BCUT2D eigenvalue weighted by molar-refractivity contribution is 14.1. The Hall–Kier alpha value is -1.43. The van der Waals surface area contributed by atoms with Crippen LogP contribution in [0.5, 0.6) is 0 Å². The van der Waals surface area contributed by atoms with Crippen LogP contribution in [0.25, 0.3) is 0 Å². The quantitative estimate of drug-likeness (QED) is 0.854. The van der Waals surface area contributed by atoms with Crippen LogP contribution in [0.1, 0.15) is 15.9 Å². The molecule has 1 heterocycles. The van der Waals surface area contributed by atoms with Gasteiger partial charge in [0.05, 0.1) is 5.56 Å². The number of aryl methyl sites for hydroxylation is 1. The molecule has 0 spiro atoms. The molecule has 1 aromatic carbocycles. The first-order valence-corrected chi connectivity index (χ1v) is 6.23. The van der Waals surface area contributed by atoms with Crippen LogP contribution >= 0.6 is 22.6 Å². The molecular weight excluding hydrogens is 327 g/mol. The molecule has 0 bridgehead atoms. The third-order valence-corrected chi connectivity index (χ3v) is 3.81. The Morgan fingerprint density at radius 3 is 2.65 bits per heavy atom. The number of pyridine rings is 1. The SMILES string of the molecule is Cc1cccc(C(=O)Nc2ccncc2)c1I. The van der Waals surface area contributed by atoms with Crippen molar-refractivity contribution in [2.45, 2.75) is 6.92 Å². The molecule has 0 radical (unpaired) electrons. The number of amides is 1. The summed E-state index contributed by atoms with van der Waals surface area (Å²) in [6.45, 7) is 1.99. The number of hydrogen-bond acceptors (Lipinski definition) is 2. The van der Waals surface area contributed by atoms with Crippen molar-refractivity contribution < 1.29 is 4.79 Å². The largest absolute Gasteiger partial charge is 0.322 e. The molecule has 0 unspecified atom stereocenters. The molecule has 4 heteroatoms. The van der Waals surface area contributed by atoms with Crippen molar-refractivity contribution in [2.24, 2.45) is 0 Å². The Bertz CT molecular complexity index is 540. The highest BCUT2D eigenvalue weighted by atomic mass is 127. The van der Waals surface area contributed by atoms with Crippen LogP contribution in [0.2, 0.25) is 0 Å². The fourth-order valence-electron chi connectivity index (χ4n) is 1.46. The Morgan fingerprint density at radius 1 is 1.24 bits per heavy atom. The molecule has 0 fully saturated rings. The van der Waals surface area contributed by atoms with E-state index in [4.69, 9.17) is 0 Å². The molecule has 3 nitrogen and oxygen atoms in total. The van der Waals surface area contributed by atoms with Crippen molar-refractivity contribution in [1.29, 1.82) is 0 Å². The number of halogens is 1. The third kappa shape index (κ3) is 2.82. The molecule has 0 aliphatic rings. The summed E-state index contributed by atoms with van der Waals surface area (Å²) in [5.74, 6) is -0.0932. The van der Waals surface area contributed by atoms with E-state index in [1.165, 1.54) is 0 Å². The fourth-order valence-corrected chi connectivity index (χ4v) is 2.06. The van der Waals surface area contributed by atoms with Gasteiger partial charge in [0.25, 0.3) is 5.91 Å². The van der Waals surface area contributed by atoms with Crippen LogP contribution < -0.4 is 5.32 Å². The Labute approximate surface area is 113 Å². The van der Waals surface area contributed by atoms with Gasteiger partial charge >= 0.3 is 0 Å². The van der Waals surface area contributed by atoms with Gasteiger partial charge in [0.2, 0.25) is 0 Å². The number of carbonyl (C=O) groups excluding carboxylic acids is 1. The predicted molar refractivity (Wildman–Crippen MR) is 76.1 cm³/mol. The maximum Gasteiger partial charge on any atom is 0.256 e. The zero-order valence-electron chi connectivity index (χ0n) is 9.27. The average molecular weight is 338 g/mol. The first kappa shape index (κ1) is 12.0. The lowest BCUT2D eigenvalue weighted by atomic mass is 10.1. The van der Waals surface area contributed by atoms with Gasteiger partial charge in [-0.15, -0.1) is 0 Å². The van der Waals surface area contributed by atoms with Gasteiger partial charge in [-0.1, -0.05) is 12.1 Å². The lowest BCUT2D eigenvalue weighted by Gasteiger charge is -2.08. The summed E-state index contributed by atoms with van der Waals surface area (Å²) >= 11 is 2.19. The lowest BCUT2D eigenvalue weighted by Crippen LogP contribution is -2.13. The first-order chi connectivity index (χ1) is 8.18. The minimum absolute atomic E-state index is 0.0932. The first-order valence-electron chi connectivity index (χ1n) is 5.15. The summed E-state index contributed by atoms with van der Waals surface area (Å²) in [5.41, 5.74) is 2.55. The summed E-state index contributed by atoms with van der Waals surface area (Å²) in [5, 5.41) is 2.84. The number of nitrogens with one attached hydrogen (secondary N) is 1. The molecule has 0 saturated carbocycles. The van der Waals surface area contributed by atoms with Crippen LogP contribution in [0.4, 0.5) is 5.69 Å². The predicted octanol–water partition coefficient (Wildman–Crippen LogP) is 3.25. The number of carbonyl (C=O) groups is 1. The van der Waals surface area contributed by atoms with E-state index in [9.17, 15) is 4.79 Å². The van der Waals surface area contributed by atoms with E-state index >= 15 is 0 Å². The van der Waals surface area contributed by atoms with Gasteiger partial charge in [0.15, 0.2) is 0 Å². The monoisotopic (exact) mass is 338 g/mol. The van der Waals surface area contributed by atoms with Crippen molar-refractivity contribution in [3.63, 3.8) is 0 Å². The van der Waals surface area contributed by atoms with Crippen molar-refractivity contribution in [3.05, 3.63) is 57.4 Å². The van der Waals surface area contributed by atoms with Gasteiger partial charge in [-0.05, 0) is 53.3 Å². The summed E-state index contributed by atoms with van der Waals surface area (Å²) in [6, 6.07) is 9.23. The third-order valence-electron chi connectivity index (χ3n) is 2.37. The maximum atomic E-state index is 12.1. The van der Waals surface area contributed by atoms with Crippen LogP contribution in [-0.2, 0) is 0 Å².